The molecule has 0 aromatic heterocycles. The number of carbonyl (C=O) groups is 3. The average Bonchev–Trinajstić information content (AvgIpc) is 2.81. The second kappa shape index (κ2) is 6.38. The van der Waals surface area contributed by atoms with Crippen molar-refractivity contribution in [1.29, 1.82) is 0 Å². The summed E-state index contributed by atoms with van der Waals surface area (Å²) in [6, 6.07) is 6.49. The van der Waals surface area contributed by atoms with E-state index in [1.807, 2.05) is 0 Å². The van der Waals surface area contributed by atoms with Crippen molar-refractivity contribution in [1.82, 2.24) is 5.06 Å². The standard InChI is InChI=1S/C19H23NO4/c1-19(2,13-8-4-3-5-9-13)12-16(21)24-20-17(22)14-10-6-7-11-15(14)18(20)23/h6-7,10-11,13H,3-5,8-9,12H2,1-2H3. The van der Waals surface area contributed by atoms with E-state index >= 15 is 0 Å². The van der Waals surface area contributed by atoms with Gasteiger partial charge in [-0.1, -0.05) is 50.3 Å². The Balaban J connectivity index is 1.65. The van der Waals surface area contributed by atoms with Crippen LogP contribution in [0.15, 0.2) is 24.3 Å². The molecule has 0 radical (unpaired) electrons. The van der Waals surface area contributed by atoms with Crippen LogP contribution in [0.3, 0.4) is 0 Å². The fourth-order valence-corrected chi connectivity index (χ4v) is 3.78. The minimum atomic E-state index is -0.570. The number of fused-ring (bicyclic) bond motifs is 1. The van der Waals surface area contributed by atoms with Crippen molar-refractivity contribution < 1.29 is 19.2 Å². The van der Waals surface area contributed by atoms with Gasteiger partial charge in [0.2, 0.25) is 0 Å². The summed E-state index contributed by atoms with van der Waals surface area (Å²) in [6.45, 7) is 4.12. The molecule has 128 valence electrons. The van der Waals surface area contributed by atoms with Crippen LogP contribution < -0.4 is 0 Å². The Morgan fingerprint density at radius 3 is 2.17 bits per heavy atom. The number of rotatable bonds is 4. The molecule has 0 N–H and O–H groups in total. The molecular formula is C19H23NO4. The zero-order chi connectivity index (χ0) is 17.3. The maximum absolute atomic E-state index is 12.3. The van der Waals surface area contributed by atoms with E-state index in [-0.39, 0.29) is 23.0 Å². The van der Waals surface area contributed by atoms with Crippen LogP contribution >= 0.6 is 0 Å². The highest BCUT2D eigenvalue weighted by Crippen LogP contribution is 2.40. The van der Waals surface area contributed by atoms with E-state index in [0.717, 1.165) is 12.8 Å². The van der Waals surface area contributed by atoms with Gasteiger partial charge in [0.05, 0.1) is 17.5 Å². The number of carbonyl (C=O) groups excluding carboxylic acids is 3. The monoisotopic (exact) mass is 329 g/mol. The summed E-state index contributed by atoms with van der Waals surface area (Å²) in [5.41, 5.74) is 0.361. The number of amides is 2. The van der Waals surface area contributed by atoms with Crippen LogP contribution in [-0.4, -0.2) is 22.8 Å². The Kier molecular flexibility index (Phi) is 4.43. The molecule has 2 aliphatic rings. The summed E-state index contributed by atoms with van der Waals surface area (Å²) in [7, 11) is 0. The molecular weight excluding hydrogens is 306 g/mol. The van der Waals surface area contributed by atoms with E-state index in [2.05, 4.69) is 13.8 Å². The van der Waals surface area contributed by atoms with Gasteiger partial charge in [0.25, 0.3) is 11.8 Å². The Labute approximate surface area is 141 Å². The van der Waals surface area contributed by atoms with E-state index in [0.29, 0.717) is 11.0 Å². The first-order chi connectivity index (χ1) is 11.4. The van der Waals surface area contributed by atoms with Crippen molar-refractivity contribution in [3.05, 3.63) is 35.4 Å². The number of hydrogen-bond donors (Lipinski definition) is 0. The number of benzene rings is 1. The van der Waals surface area contributed by atoms with E-state index < -0.39 is 17.8 Å². The molecule has 1 fully saturated rings. The van der Waals surface area contributed by atoms with Crippen molar-refractivity contribution >= 4 is 17.8 Å². The zero-order valence-electron chi connectivity index (χ0n) is 14.2. The summed E-state index contributed by atoms with van der Waals surface area (Å²) in [5, 5.41) is 0.601. The third-order valence-electron chi connectivity index (χ3n) is 5.26. The predicted molar refractivity (Wildman–Crippen MR) is 88.0 cm³/mol. The number of hydrogen-bond acceptors (Lipinski definition) is 4. The molecule has 1 heterocycles. The maximum atomic E-state index is 12.3. The van der Waals surface area contributed by atoms with Crippen molar-refractivity contribution in [3.8, 4) is 0 Å². The Morgan fingerprint density at radius 1 is 1.08 bits per heavy atom. The molecule has 5 heteroatoms. The first-order valence-corrected chi connectivity index (χ1v) is 8.59. The van der Waals surface area contributed by atoms with Crippen molar-refractivity contribution in [3.63, 3.8) is 0 Å². The topological polar surface area (TPSA) is 63.7 Å². The zero-order valence-corrected chi connectivity index (χ0v) is 14.2. The van der Waals surface area contributed by atoms with Gasteiger partial charge in [-0.2, -0.15) is 0 Å². The van der Waals surface area contributed by atoms with Crippen molar-refractivity contribution in [2.45, 2.75) is 52.4 Å². The lowest BCUT2D eigenvalue weighted by Crippen LogP contribution is -2.36. The number of nitrogens with zero attached hydrogens (tertiary/aromatic N) is 1. The lowest BCUT2D eigenvalue weighted by molar-refractivity contribution is -0.172. The van der Waals surface area contributed by atoms with Gasteiger partial charge in [-0.05, 0) is 36.3 Å². The molecule has 1 aliphatic carbocycles. The fourth-order valence-electron chi connectivity index (χ4n) is 3.78. The van der Waals surface area contributed by atoms with Gasteiger partial charge in [-0.3, -0.25) is 9.59 Å². The fraction of sp³-hybridized carbons (Fsp3) is 0.526. The van der Waals surface area contributed by atoms with Gasteiger partial charge in [0.15, 0.2) is 0 Å². The molecule has 0 unspecified atom stereocenters. The molecule has 0 spiro atoms. The Hall–Kier alpha value is -2.17. The van der Waals surface area contributed by atoms with Gasteiger partial charge < -0.3 is 4.84 Å². The quantitative estimate of drug-likeness (QED) is 0.789. The van der Waals surface area contributed by atoms with E-state index in [9.17, 15) is 14.4 Å². The molecule has 1 aliphatic heterocycles. The van der Waals surface area contributed by atoms with Gasteiger partial charge in [-0.15, -0.1) is 0 Å². The lowest BCUT2D eigenvalue weighted by atomic mass is 9.69. The van der Waals surface area contributed by atoms with Gasteiger partial charge in [0, 0.05) is 0 Å². The molecule has 5 nitrogen and oxygen atoms in total. The van der Waals surface area contributed by atoms with Crippen LogP contribution in [0.2, 0.25) is 0 Å². The highest BCUT2D eigenvalue weighted by Gasteiger charge is 2.40. The number of imide groups is 1. The first kappa shape index (κ1) is 16.7. The molecule has 1 aromatic carbocycles. The van der Waals surface area contributed by atoms with Crippen LogP contribution in [0, 0.1) is 11.3 Å². The Morgan fingerprint density at radius 2 is 1.62 bits per heavy atom. The van der Waals surface area contributed by atoms with Crippen LogP contribution in [0.1, 0.15) is 73.1 Å². The minimum absolute atomic E-state index is 0.198. The molecule has 0 bridgehead atoms. The first-order valence-electron chi connectivity index (χ1n) is 8.59. The molecule has 2 amide bonds. The van der Waals surface area contributed by atoms with Crippen LogP contribution in [0.4, 0.5) is 0 Å². The lowest BCUT2D eigenvalue weighted by Gasteiger charge is -2.36. The minimum Gasteiger partial charge on any atom is -0.330 e. The average molecular weight is 329 g/mol. The normalized spacial score (nSPS) is 18.7. The summed E-state index contributed by atoms with van der Waals surface area (Å²) < 4.78 is 0. The highest BCUT2D eigenvalue weighted by atomic mass is 16.7. The molecule has 1 aromatic rings. The second-order valence-electron chi connectivity index (χ2n) is 7.41. The third kappa shape index (κ3) is 3.07. The van der Waals surface area contributed by atoms with Crippen LogP contribution in [0.25, 0.3) is 0 Å². The smallest absolute Gasteiger partial charge is 0.330 e. The van der Waals surface area contributed by atoms with E-state index in [1.54, 1.807) is 24.3 Å². The third-order valence-corrected chi connectivity index (χ3v) is 5.26. The Bertz CT molecular complexity index is 639. The molecule has 3 rings (SSSR count). The largest absolute Gasteiger partial charge is 0.333 e. The molecule has 0 saturated heterocycles. The summed E-state index contributed by atoms with van der Waals surface area (Å²) in [5.74, 6) is -1.19. The molecule has 24 heavy (non-hydrogen) atoms. The van der Waals surface area contributed by atoms with E-state index in [1.165, 1.54) is 19.3 Å². The van der Waals surface area contributed by atoms with Crippen LogP contribution in [-0.2, 0) is 9.63 Å². The highest BCUT2D eigenvalue weighted by molar-refractivity contribution is 6.20. The molecule has 1 saturated carbocycles. The van der Waals surface area contributed by atoms with Crippen LogP contribution in [0.5, 0.6) is 0 Å². The number of hydroxylamine groups is 2. The van der Waals surface area contributed by atoms with Crippen molar-refractivity contribution in [2.24, 2.45) is 11.3 Å². The van der Waals surface area contributed by atoms with Crippen molar-refractivity contribution in [2.75, 3.05) is 0 Å². The SMILES string of the molecule is CC(C)(CC(=O)ON1C(=O)c2ccccc2C1=O)C1CCCCC1. The van der Waals surface area contributed by atoms with Gasteiger partial charge in [-0.25, -0.2) is 4.79 Å². The second-order valence-corrected chi connectivity index (χ2v) is 7.41. The predicted octanol–water partition coefficient (Wildman–Crippen LogP) is 3.74. The summed E-state index contributed by atoms with van der Waals surface area (Å²) in [6.07, 6.45) is 6.08. The van der Waals surface area contributed by atoms with Gasteiger partial charge in [0.1, 0.15) is 0 Å². The molecule has 0 atom stereocenters. The van der Waals surface area contributed by atoms with E-state index in [4.69, 9.17) is 4.84 Å². The maximum Gasteiger partial charge on any atom is 0.333 e. The summed E-state index contributed by atoms with van der Waals surface area (Å²) in [4.78, 5) is 41.9. The summed E-state index contributed by atoms with van der Waals surface area (Å²) >= 11 is 0. The van der Waals surface area contributed by atoms with Gasteiger partial charge >= 0.3 is 5.97 Å².